The van der Waals surface area contributed by atoms with E-state index in [4.69, 9.17) is 16.7 Å². The number of hydrogen-bond acceptors (Lipinski definition) is 3. The number of halogens is 1. The zero-order valence-corrected chi connectivity index (χ0v) is 11.9. The van der Waals surface area contributed by atoms with Gasteiger partial charge in [-0.2, -0.15) is 0 Å². The third-order valence-electron chi connectivity index (χ3n) is 3.13. The molecule has 0 spiro atoms. The number of fused-ring (bicyclic) bond motifs is 2. The quantitative estimate of drug-likeness (QED) is 0.911. The van der Waals surface area contributed by atoms with Crippen molar-refractivity contribution in [2.75, 3.05) is 18.1 Å². The van der Waals surface area contributed by atoms with E-state index >= 15 is 0 Å². The van der Waals surface area contributed by atoms with Crippen LogP contribution in [0.15, 0.2) is 52.3 Å². The molecule has 0 aliphatic carbocycles. The first kappa shape index (κ1) is 12.9. The molecule has 0 amide bonds. The summed E-state index contributed by atoms with van der Waals surface area (Å²) in [6, 6.07) is 14.3. The van der Waals surface area contributed by atoms with Crippen LogP contribution in [0.5, 0.6) is 0 Å². The summed E-state index contributed by atoms with van der Waals surface area (Å²) in [6.45, 7) is 1.01. The van der Waals surface area contributed by atoms with E-state index < -0.39 is 0 Å². The number of aliphatic hydroxyl groups is 1. The van der Waals surface area contributed by atoms with E-state index in [0.717, 1.165) is 18.0 Å². The van der Waals surface area contributed by atoms with Gasteiger partial charge in [0.05, 0.1) is 11.4 Å². The summed E-state index contributed by atoms with van der Waals surface area (Å²) in [7, 11) is 0. The first-order valence-corrected chi connectivity index (χ1v) is 7.44. The van der Waals surface area contributed by atoms with E-state index in [2.05, 4.69) is 23.1 Å². The first-order chi connectivity index (χ1) is 9.29. The van der Waals surface area contributed by atoms with E-state index in [1.807, 2.05) is 24.3 Å². The molecule has 3 rings (SSSR count). The van der Waals surface area contributed by atoms with E-state index in [1.165, 1.54) is 21.2 Å². The Kier molecular flexibility index (Phi) is 3.69. The minimum absolute atomic E-state index is 0.203. The van der Waals surface area contributed by atoms with E-state index in [0.29, 0.717) is 0 Å². The van der Waals surface area contributed by atoms with Crippen LogP contribution in [0.1, 0.15) is 6.42 Å². The van der Waals surface area contributed by atoms with Gasteiger partial charge < -0.3 is 10.0 Å². The zero-order chi connectivity index (χ0) is 13.2. The number of para-hydroxylation sites is 1. The Morgan fingerprint density at radius 2 is 1.84 bits per heavy atom. The second kappa shape index (κ2) is 5.45. The maximum atomic E-state index is 9.08. The number of benzene rings is 2. The molecule has 19 heavy (non-hydrogen) atoms. The van der Waals surface area contributed by atoms with Gasteiger partial charge in [-0.05, 0) is 36.8 Å². The molecule has 0 radical (unpaired) electrons. The highest BCUT2D eigenvalue weighted by Crippen LogP contribution is 2.48. The molecule has 0 fully saturated rings. The van der Waals surface area contributed by atoms with Gasteiger partial charge in [0.2, 0.25) is 0 Å². The molecule has 1 N–H and O–H groups in total. The molecule has 0 saturated carbocycles. The highest BCUT2D eigenvalue weighted by Gasteiger charge is 2.22. The Bertz CT molecular complexity index is 602. The van der Waals surface area contributed by atoms with Crippen LogP contribution in [-0.2, 0) is 0 Å². The maximum Gasteiger partial charge on any atom is 0.0553 e. The van der Waals surface area contributed by atoms with Crippen LogP contribution >= 0.6 is 23.4 Å². The summed E-state index contributed by atoms with van der Waals surface area (Å²) in [6.07, 6.45) is 0.751. The van der Waals surface area contributed by atoms with Gasteiger partial charge in [-0.15, -0.1) is 0 Å². The molecule has 2 aromatic carbocycles. The highest BCUT2D eigenvalue weighted by atomic mass is 35.5. The van der Waals surface area contributed by atoms with Crippen molar-refractivity contribution < 1.29 is 5.11 Å². The Hall–Kier alpha value is -1.16. The van der Waals surface area contributed by atoms with Gasteiger partial charge >= 0.3 is 0 Å². The van der Waals surface area contributed by atoms with Crippen molar-refractivity contribution in [1.82, 2.24) is 0 Å². The molecule has 2 aromatic rings. The monoisotopic (exact) mass is 291 g/mol. The standard InChI is InChI=1S/C15H14ClNOS/c16-11-6-7-13-15(10-11)19-14-5-2-1-4-12(14)17(13)8-3-9-18/h1-2,4-7,10,18H,3,8-9H2. The van der Waals surface area contributed by atoms with Crippen molar-refractivity contribution in [3.8, 4) is 0 Å². The van der Waals surface area contributed by atoms with E-state index in [-0.39, 0.29) is 6.61 Å². The maximum absolute atomic E-state index is 9.08. The van der Waals surface area contributed by atoms with Gasteiger partial charge in [0, 0.05) is 28.0 Å². The molecule has 0 aromatic heterocycles. The molecule has 0 unspecified atom stereocenters. The van der Waals surface area contributed by atoms with Crippen molar-refractivity contribution in [2.45, 2.75) is 16.2 Å². The smallest absolute Gasteiger partial charge is 0.0553 e. The fraction of sp³-hybridized carbons (Fsp3) is 0.200. The summed E-state index contributed by atoms with van der Waals surface area (Å²) in [4.78, 5) is 4.66. The Morgan fingerprint density at radius 3 is 2.68 bits per heavy atom. The van der Waals surface area contributed by atoms with Crippen molar-refractivity contribution in [3.63, 3.8) is 0 Å². The predicted molar refractivity (Wildman–Crippen MR) is 80.7 cm³/mol. The summed E-state index contributed by atoms with van der Waals surface area (Å²) in [5.74, 6) is 0. The number of aliphatic hydroxyl groups excluding tert-OH is 1. The SMILES string of the molecule is OCCCN1c2ccccc2Sc2cc(Cl)ccc21. The van der Waals surface area contributed by atoms with Crippen LogP contribution in [-0.4, -0.2) is 18.3 Å². The normalized spacial score (nSPS) is 13.1. The third kappa shape index (κ3) is 2.46. The lowest BCUT2D eigenvalue weighted by molar-refractivity contribution is 0.290. The van der Waals surface area contributed by atoms with E-state index in [9.17, 15) is 0 Å². The molecule has 1 heterocycles. The minimum Gasteiger partial charge on any atom is -0.396 e. The van der Waals surface area contributed by atoms with Crippen LogP contribution in [0.2, 0.25) is 5.02 Å². The average Bonchev–Trinajstić information content (AvgIpc) is 2.43. The van der Waals surface area contributed by atoms with Crippen LogP contribution in [0.4, 0.5) is 11.4 Å². The Balaban J connectivity index is 2.07. The fourth-order valence-electron chi connectivity index (χ4n) is 2.28. The Morgan fingerprint density at radius 1 is 1.05 bits per heavy atom. The number of hydrogen-bond donors (Lipinski definition) is 1. The first-order valence-electron chi connectivity index (χ1n) is 6.24. The van der Waals surface area contributed by atoms with Crippen LogP contribution < -0.4 is 4.90 Å². The summed E-state index contributed by atoms with van der Waals surface area (Å²) in [5, 5.41) is 9.84. The second-order valence-corrected chi connectivity index (χ2v) is 5.93. The Labute approximate surface area is 122 Å². The minimum atomic E-state index is 0.203. The number of nitrogens with zero attached hydrogens (tertiary/aromatic N) is 1. The van der Waals surface area contributed by atoms with Gasteiger partial charge in [-0.3, -0.25) is 0 Å². The molecule has 0 saturated heterocycles. The molecule has 2 nitrogen and oxygen atoms in total. The molecule has 0 bridgehead atoms. The number of anilines is 2. The lowest BCUT2D eigenvalue weighted by Crippen LogP contribution is -2.22. The average molecular weight is 292 g/mol. The zero-order valence-electron chi connectivity index (χ0n) is 10.3. The molecule has 1 aliphatic heterocycles. The van der Waals surface area contributed by atoms with Gasteiger partial charge in [0.1, 0.15) is 0 Å². The van der Waals surface area contributed by atoms with E-state index in [1.54, 1.807) is 11.8 Å². The van der Waals surface area contributed by atoms with Gasteiger partial charge in [0.25, 0.3) is 0 Å². The van der Waals surface area contributed by atoms with Crippen LogP contribution in [0, 0.1) is 0 Å². The molecule has 0 atom stereocenters. The summed E-state index contributed by atoms with van der Waals surface area (Å²) >= 11 is 7.83. The highest BCUT2D eigenvalue weighted by molar-refractivity contribution is 7.99. The van der Waals surface area contributed by atoms with Gasteiger partial charge in [0.15, 0.2) is 0 Å². The van der Waals surface area contributed by atoms with Crippen LogP contribution in [0.25, 0.3) is 0 Å². The van der Waals surface area contributed by atoms with Crippen molar-refractivity contribution >= 4 is 34.7 Å². The second-order valence-electron chi connectivity index (χ2n) is 4.41. The lowest BCUT2D eigenvalue weighted by atomic mass is 10.2. The lowest BCUT2D eigenvalue weighted by Gasteiger charge is -2.32. The molecule has 4 heteroatoms. The summed E-state index contributed by atoms with van der Waals surface area (Å²) < 4.78 is 0. The van der Waals surface area contributed by atoms with Crippen molar-refractivity contribution in [1.29, 1.82) is 0 Å². The molecule has 98 valence electrons. The molecular weight excluding hydrogens is 278 g/mol. The fourth-order valence-corrected chi connectivity index (χ4v) is 3.65. The topological polar surface area (TPSA) is 23.5 Å². The predicted octanol–water partition coefficient (Wildman–Crippen LogP) is 4.33. The molecule has 1 aliphatic rings. The third-order valence-corrected chi connectivity index (χ3v) is 4.48. The van der Waals surface area contributed by atoms with Crippen molar-refractivity contribution in [3.05, 3.63) is 47.5 Å². The van der Waals surface area contributed by atoms with Crippen molar-refractivity contribution in [2.24, 2.45) is 0 Å². The van der Waals surface area contributed by atoms with Gasteiger partial charge in [-0.1, -0.05) is 35.5 Å². The summed E-state index contributed by atoms with van der Waals surface area (Å²) in [5.41, 5.74) is 2.37. The largest absolute Gasteiger partial charge is 0.396 e. The molecular formula is C15H14ClNOS. The van der Waals surface area contributed by atoms with Gasteiger partial charge in [-0.25, -0.2) is 0 Å². The number of rotatable bonds is 3. The van der Waals surface area contributed by atoms with Crippen LogP contribution in [0.3, 0.4) is 0 Å².